The summed E-state index contributed by atoms with van der Waals surface area (Å²) in [4.78, 5) is 0. The van der Waals surface area contributed by atoms with Crippen LogP contribution in [-0.2, 0) is 4.74 Å². The van der Waals surface area contributed by atoms with Crippen LogP contribution in [0.4, 0.5) is 0 Å². The minimum Gasteiger partial charge on any atom is -0.381 e. The van der Waals surface area contributed by atoms with Crippen LogP contribution in [0.2, 0.25) is 0 Å². The molecule has 1 heterocycles. The molecule has 1 unspecified atom stereocenters. The zero-order chi connectivity index (χ0) is 8.93. The van der Waals surface area contributed by atoms with Crippen molar-refractivity contribution in [2.24, 2.45) is 11.8 Å². The first-order chi connectivity index (χ1) is 6.45. The molecule has 0 amide bonds. The van der Waals surface area contributed by atoms with Crippen molar-refractivity contribution in [3.63, 3.8) is 0 Å². The van der Waals surface area contributed by atoms with E-state index in [0.29, 0.717) is 0 Å². The Balaban J connectivity index is 1.39. The van der Waals surface area contributed by atoms with Crippen LogP contribution < -0.4 is 5.32 Å². The molecule has 0 bridgehead atoms. The zero-order valence-electron chi connectivity index (χ0n) is 8.43. The Kier molecular flexibility index (Phi) is 3.62. The van der Waals surface area contributed by atoms with Crippen LogP contribution in [0.1, 0.15) is 32.1 Å². The second kappa shape index (κ2) is 4.97. The molecular formula is C11H21NO. The van der Waals surface area contributed by atoms with E-state index in [0.717, 1.165) is 25.0 Å². The lowest BCUT2D eigenvalue weighted by atomic mass is 10.1. The summed E-state index contributed by atoms with van der Waals surface area (Å²) < 4.78 is 5.62. The van der Waals surface area contributed by atoms with Gasteiger partial charge in [0.05, 0.1) is 0 Å². The van der Waals surface area contributed by atoms with E-state index in [-0.39, 0.29) is 0 Å². The average molecular weight is 183 g/mol. The van der Waals surface area contributed by atoms with Gasteiger partial charge in [-0.15, -0.1) is 0 Å². The number of rotatable bonds is 6. The van der Waals surface area contributed by atoms with Gasteiger partial charge in [-0.3, -0.25) is 0 Å². The topological polar surface area (TPSA) is 21.3 Å². The molecule has 76 valence electrons. The van der Waals surface area contributed by atoms with Gasteiger partial charge in [-0.1, -0.05) is 12.8 Å². The van der Waals surface area contributed by atoms with Crippen LogP contribution in [0.3, 0.4) is 0 Å². The van der Waals surface area contributed by atoms with Gasteiger partial charge in [0.25, 0.3) is 0 Å². The van der Waals surface area contributed by atoms with E-state index in [1.807, 2.05) is 0 Å². The fourth-order valence-electron chi connectivity index (χ4n) is 1.97. The minimum absolute atomic E-state index is 0.890. The average Bonchev–Trinajstić information content (AvgIpc) is 2.81. The zero-order valence-corrected chi connectivity index (χ0v) is 8.43. The second-order valence-electron chi connectivity index (χ2n) is 4.49. The number of ether oxygens (including phenoxy) is 1. The van der Waals surface area contributed by atoms with Crippen molar-refractivity contribution in [1.29, 1.82) is 0 Å². The molecule has 2 nitrogen and oxygen atoms in total. The number of hydrogen-bond donors (Lipinski definition) is 1. The molecule has 1 atom stereocenters. The van der Waals surface area contributed by atoms with Crippen LogP contribution >= 0.6 is 0 Å². The molecule has 0 aromatic carbocycles. The maximum atomic E-state index is 5.62. The van der Waals surface area contributed by atoms with Crippen LogP contribution in [0.15, 0.2) is 0 Å². The maximum Gasteiger partial charge on any atom is 0.0469 e. The van der Waals surface area contributed by atoms with E-state index >= 15 is 0 Å². The smallest absolute Gasteiger partial charge is 0.0469 e. The monoisotopic (exact) mass is 183 g/mol. The standard InChI is InChI=1S/C11H21NO/c1-2-10(1)4-7-13-8-5-11-3-6-12-9-11/h10-12H,1-9H2. The molecule has 0 radical (unpaired) electrons. The van der Waals surface area contributed by atoms with Crippen LogP contribution in [0.25, 0.3) is 0 Å². The van der Waals surface area contributed by atoms with Crippen molar-refractivity contribution in [1.82, 2.24) is 5.32 Å². The highest BCUT2D eigenvalue weighted by Crippen LogP contribution is 2.32. The lowest BCUT2D eigenvalue weighted by Gasteiger charge is -2.08. The van der Waals surface area contributed by atoms with Crippen molar-refractivity contribution >= 4 is 0 Å². The molecule has 1 N–H and O–H groups in total. The van der Waals surface area contributed by atoms with Gasteiger partial charge in [0, 0.05) is 13.2 Å². The lowest BCUT2D eigenvalue weighted by Crippen LogP contribution is -2.11. The van der Waals surface area contributed by atoms with Crippen molar-refractivity contribution in [2.75, 3.05) is 26.3 Å². The molecule has 13 heavy (non-hydrogen) atoms. The molecule has 0 aromatic rings. The molecule has 2 fully saturated rings. The van der Waals surface area contributed by atoms with Gasteiger partial charge >= 0.3 is 0 Å². The third kappa shape index (κ3) is 3.65. The molecule has 2 rings (SSSR count). The Morgan fingerprint density at radius 1 is 1.00 bits per heavy atom. The van der Waals surface area contributed by atoms with E-state index in [1.54, 1.807) is 0 Å². The first-order valence-electron chi connectivity index (χ1n) is 5.73. The van der Waals surface area contributed by atoms with Gasteiger partial charge in [0.1, 0.15) is 0 Å². The molecular weight excluding hydrogens is 162 g/mol. The lowest BCUT2D eigenvalue weighted by molar-refractivity contribution is 0.116. The van der Waals surface area contributed by atoms with E-state index in [1.165, 1.54) is 45.2 Å². The highest BCUT2D eigenvalue weighted by molar-refractivity contribution is 4.73. The quantitative estimate of drug-likeness (QED) is 0.634. The van der Waals surface area contributed by atoms with Gasteiger partial charge in [0.2, 0.25) is 0 Å². The van der Waals surface area contributed by atoms with E-state index in [4.69, 9.17) is 4.74 Å². The first kappa shape index (κ1) is 9.47. The largest absolute Gasteiger partial charge is 0.381 e. The Labute approximate surface area is 81.0 Å². The Morgan fingerprint density at radius 3 is 2.38 bits per heavy atom. The molecule has 0 spiro atoms. The number of nitrogens with one attached hydrogen (secondary N) is 1. The normalized spacial score (nSPS) is 28.2. The van der Waals surface area contributed by atoms with Crippen molar-refractivity contribution < 1.29 is 4.74 Å². The number of hydrogen-bond acceptors (Lipinski definition) is 2. The maximum absolute atomic E-state index is 5.62. The van der Waals surface area contributed by atoms with Crippen molar-refractivity contribution in [3.05, 3.63) is 0 Å². The molecule has 1 saturated heterocycles. The van der Waals surface area contributed by atoms with Crippen LogP contribution in [0.5, 0.6) is 0 Å². The Bertz CT molecular complexity index is 139. The van der Waals surface area contributed by atoms with Gasteiger partial charge < -0.3 is 10.1 Å². The summed E-state index contributed by atoms with van der Waals surface area (Å²) in [7, 11) is 0. The van der Waals surface area contributed by atoms with Gasteiger partial charge in [-0.2, -0.15) is 0 Å². The third-order valence-electron chi connectivity index (χ3n) is 3.20. The van der Waals surface area contributed by atoms with Crippen molar-refractivity contribution in [2.45, 2.75) is 32.1 Å². The highest BCUT2D eigenvalue weighted by atomic mass is 16.5. The van der Waals surface area contributed by atoms with E-state index < -0.39 is 0 Å². The predicted octanol–water partition coefficient (Wildman–Crippen LogP) is 1.80. The molecule has 1 aliphatic carbocycles. The third-order valence-corrected chi connectivity index (χ3v) is 3.20. The predicted molar refractivity (Wildman–Crippen MR) is 53.8 cm³/mol. The summed E-state index contributed by atoms with van der Waals surface area (Å²) in [5.41, 5.74) is 0. The van der Waals surface area contributed by atoms with Crippen molar-refractivity contribution in [3.8, 4) is 0 Å². The Hall–Kier alpha value is -0.0800. The fourth-order valence-corrected chi connectivity index (χ4v) is 1.97. The summed E-state index contributed by atoms with van der Waals surface area (Å²) in [6.07, 6.45) is 6.83. The SMILES string of the molecule is C1CC(CCOCCC2CC2)CN1. The molecule has 1 saturated carbocycles. The molecule has 2 heteroatoms. The minimum atomic E-state index is 0.890. The van der Waals surface area contributed by atoms with Crippen LogP contribution in [0, 0.1) is 11.8 Å². The molecule has 2 aliphatic rings. The van der Waals surface area contributed by atoms with Gasteiger partial charge in [-0.25, -0.2) is 0 Å². The summed E-state index contributed by atoms with van der Waals surface area (Å²) in [5, 5.41) is 3.39. The second-order valence-corrected chi connectivity index (χ2v) is 4.49. The fraction of sp³-hybridized carbons (Fsp3) is 1.00. The Morgan fingerprint density at radius 2 is 1.77 bits per heavy atom. The molecule has 0 aromatic heterocycles. The summed E-state index contributed by atoms with van der Waals surface area (Å²) >= 11 is 0. The van der Waals surface area contributed by atoms with Crippen LogP contribution in [-0.4, -0.2) is 26.3 Å². The van der Waals surface area contributed by atoms with Gasteiger partial charge in [0.15, 0.2) is 0 Å². The highest BCUT2D eigenvalue weighted by Gasteiger charge is 2.20. The summed E-state index contributed by atoms with van der Waals surface area (Å²) in [6.45, 7) is 4.42. The molecule has 1 aliphatic heterocycles. The van der Waals surface area contributed by atoms with E-state index in [2.05, 4.69) is 5.32 Å². The van der Waals surface area contributed by atoms with E-state index in [9.17, 15) is 0 Å². The summed E-state index contributed by atoms with van der Waals surface area (Å²) in [5.74, 6) is 1.91. The van der Waals surface area contributed by atoms with Gasteiger partial charge in [-0.05, 0) is 44.2 Å². The first-order valence-corrected chi connectivity index (χ1v) is 5.73. The summed E-state index contributed by atoms with van der Waals surface area (Å²) in [6, 6.07) is 0.